The van der Waals surface area contributed by atoms with Crippen molar-refractivity contribution in [3.63, 3.8) is 0 Å². The molecule has 0 fully saturated rings. The molecule has 5 heteroatoms. The fourth-order valence-corrected chi connectivity index (χ4v) is 2.52. The predicted octanol–water partition coefficient (Wildman–Crippen LogP) is 2.65. The average molecular weight is 269 g/mol. The molecule has 1 unspecified atom stereocenters. The maximum absolute atomic E-state index is 11.4. The molecule has 1 aromatic rings. The van der Waals surface area contributed by atoms with Crippen molar-refractivity contribution in [1.82, 2.24) is 10.3 Å². The zero-order valence-electron chi connectivity index (χ0n) is 11.7. The molecule has 1 heterocycles. The van der Waals surface area contributed by atoms with Gasteiger partial charge in [0.15, 0.2) is 5.13 Å². The highest BCUT2D eigenvalue weighted by atomic mass is 32.1. The molecule has 1 rings (SSSR count). The van der Waals surface area contributed by atoms with Gasteiger partial charge in [-0.2, -0.15) is 0 Å². The summed E-state index contributed by atoms with van der Waals surface area (Å²) in [6, 6.07) is 0. The highest BCUT2D eigenvalue weighted by Gasteiger charge is 2.13. The van der Waals surface area contributed by atoms with Gasteiger partial charge in [0.05, 0.1) is 5.69 Å². The van der Waals surface area contributed by atoms with Crippen LogP contribution < -0.4 is 10.2 Å². The Hall–Kier alpha value is -0.940. The molecule has 0 aliphatic rings. The van der Waals surface area contributed by atoms with Crippen LogP contribution in [0.5, 0.6) is 0 Å². The SMILES string of the molecule is CCC(C)CNCc1csc(N(CC)C(C)=O)n1. The second-order valence-electron chi connectivity index (χ2n) is 4.53. The lowest BCUT2D eigenvalue weighted by Crippen LogP contribution is -2.27. The highest BCUT2D eigenvalue weighted by molar-refractivity contribution is 7.14. The van der Waals surface area contributed by atoms with E-state index in [0.29, 0.717) is 12.5 Å². The van der Waals surface area contributed by atoms with Crippen LogP contribution in [0.2, 0.25) is 0 Å². The summed E-state index contributed by atoms with van der Waals surface area (Å²) in [6.45, 7) is 10.4. The number of carbonyl (C=O) groups excluding carboxylic acids is 1. The Kier molecular flexibility index (Phi) is 6.29. The molecule has 0 bridgehead atoms. The lowest BCUT2D eigenvalue weighted by atomic mass is 10.1. The molecule has 0 saturated heterocycles. The van der Waals surface area contributed by atoms with Crippen molar-refractivity contribution in [2.24, 2.45) is 5.92 Å². The molecule has 4 nitrogen and oxygen atoms in total. The Bertz CT molecular complexity index is 378. The third kappa shape index (κ3) is 4.38. The number of nitrogens with one attached hydrogen (secondary N) is 1. The van der Waals surface area contributed by atoms with E-state index in [2.05, 4.69) is 24.1 Å². The minimum Gasteiger partial charge on any atom is -0.311 e. The second-order valence-corrected chi connectivity index (χ2v) is 5.37. The first-order chi connectivity index (χ1) is 8.58. The largest absolute Gasteiger partial charge is 0.311 e. The van der Waals surface area contributed by atoms with E-state index in [4.69, 9.17) is 0 Å². The zero-order valence-corrected chi connectivity index (χ0v) is 12.5. The number of hydrogen-bond acceptors (Lipinski definition) is 4. The summed E-state index contributed by atoms with van der Waals surface area (Å²) in [5.41, 5.74) is 1.01. The molecule has 0 saturated carbocycles. The van der Waals surface area contributed by atoms with Crippen LogP contribution >= 0.6 is 11.3 Å². The van der Waals surface area contributed by atoms with Crippen molar-refractivity contribution in [3.8, 4) is 0 Å². The summed E-state index contributed by atoms with van der Waals surface area (Å²) >= 11 is 1.53. The van der Waals surface area contributed by atoms with Gasteiger partial charge in [0.25, 0.3) is 0 Å². The van der Waals surface area contributed by atoms with Crippen molar-refractivity contribution in [1.29, 1.82) is 0 Å². The van der Waals surface area contributed by atoms with Gasteiger partial charge < -0.3 is 5.32 Å². The van der Waals surface area contributed by atoms with Crippen molar-refractivity contribution in [3.05, 3.63) is 11.1 Å². The lowest BCUT2D eigenvalue weighted by molar-refractivity contribution is -0.116. The molecule has 18 heavy (non-hydrogen) atoms. The van der Waals surface area contributed by atoms with Crippen molar-refractivity contribution < 1.29 is 4.79 Å². The molecular weight excluding hydrogens is 246 g/mol. The zero-order chi connectivity index (χ0) is 13.5. The van der Waals surface area contributed by atoms with E-state index in [-0.39, 0.29) is 5.91 Å². The van der Waals surface area contributed by atoms with E-state index >= 15 is 0 Å². The van der Waals surface area contributed by atoms with Crippen molar-refractivity contribution >= 4 is 22.4 Å². The van der Waals surface area contributed by atoms with Gasteiger partial charge in [-0.3, -0.25) is 9.69 Å². The van der Waals surface area contributed by atoms with Gasteiger partial charge in [-0.05, 0) is 19.4 Å². The normalized spacial score (nSPS) is 12.4. The van der Waals surface area contributed by atoms with Gasteiger partial charge in [-0.25, -0.2) is 4.98 Å². The van der Waals surface area contributed by atoms with Crippen molar-refractivity contribution in [2.45, 2.75) is 40.7 Å². The number of rotatable bonds is 7. The summed E-state index contributed by atoms with van der Waals surface area (Å²) in [5.74, 6) is 0.735. The first-order valence-corrected chi connectivity index (χ1v) is 7.39. The van der Waals surface area contributed by atoms with E-state index < -0.39 is 0 Å². The first kappa shape index (κ1) is 15.1. The Morgan fingerprint density at radius 3 is 2.83 bits per heavy atom. The fraction of sp³-hybridized carbons (Fsp3) is 0.692. The van der Waals surface area contributed by atoms with Gasteiger partial charge in [-0.1, -0.05) is 20.3 Å². The van der Waals surface area contributed by atoms with E-state index in [1.165, 1.54) is 17.8 Å². The number of nitrogens with zero attached hydrogens (tertiary/aromatic N) is 2. The van der Waals surface area contributed by atoms with E-state index in [1.807, 2.05) is 12.3 Å². The Balaban J connectivity index is 2.50. The third-order valence-electron chi connectivity index (χ3n) is 2.96. The molecule has 0 radical (unpaired) electrons. The van der Waals surface area contributed by atoms with E-state index in [0.717, 1.165) is 23.9 Å². The van der Waals surface area contributed by atoms with Crippen molar-refractivity contribution in [2.75, 3.05) is 18.0 Å². The third-order valence-corrected chi connectivity index (χ3v) is 3.88. The average Bonchev–Trinajstić information content (AvgIpc) is 2.78. The van der Waals surface area contributed by atoms with Crippen LogP contribution in [0.3, 0.4) is 0 Å². The maximum atomic E-state index is 11.4. The Morgan fingerprint density at radius 1 is 1.56 bits per heavy atom. The molecule has 1 atom stereocenters. The van der Waals surface area contributed by atoms with Crippen LogP contribution in [-0.4, -0.2) is 24.0 Å². The molecule has 1 N–H and O–H groups in total. The van der Waals surface area contributed by atoms with Gasteiger partial charge in [0.1, 0.15) is 0 Å². The van der Waals surface area contributed by atoms with Crippen LogP contribution in [0, 0.1) is 5.92 Å². The summed E-state index contributed by atoms with van der Waals surface area (Å²) in [6.07, 6.45) is 1.18. The molecule has 0 aromatic carbocycles. The molecule has 0 aliphatic carbocycles. The summed E-state index contributed by atoms with van der Waals surface area (Å²) in [7, 11) is 0. The molecular formula is C13H23N3OS. The first-order valence-electron chi connectivity index (χ1n) is 6.51. The number of aromatic nitrogens is 1. The van der Waals surface area contributed by atoms with Crippen LogP contribution in [0.4, 0.5) is 5.13 Å². The summed E-state index contributed by atoms with van der Waals surface area (Å²) in [5, 5.41) is 6.21. The quantitative estimate of drug-likeness (QED) is 0.827. The number of amides is 1. The monoisotopic (exact) mass is 269 g/mol. The second kappa shape index (κ2) is 7.48. The molecule has 0 aliphatic heterocycles. The standard InChI is InChI=1S/C13H23N3OS/c1-5-10(3)7-14-8-12-9-18-13(15-12)16(6-2)11(4)17/h9-10,14H,5-8H2,1-4H3. The lowest BCUT2D eigenvalue weighted by Gasteiger charge is -2.14. The van der Waals surface area contributed by atoms with Gasteiger partial charge in [0, 0.05) is 25.4 Å². The van der Waals surface area contributed by atoms with Crippen LogP contribution in [0.25, 0.3) is 0 Å². The number of hydrogen-bond donors (Lipinski definition) is 1. The fourth-order valence-electron chi connectivity index (χ4n) is 1.59. The smallest absolute Gasteiger partial charge is 0.225 e. The topological polar surface area (TPSA) is 45.2 Å². The Labute approximate surface area is 113 Å². The van der Waals surface area contributed by atoms with E-state index in [9.17, 15) is 4.79 Å². The molecule has 0 spiro atoms. The van der Waals surface area contributed by atoms with Crippen LogP contribution in [0.1, 0.15) is 39.8 Å². The number of thiazole rings is 1. The molecule has 1 aromatic heterocycles. The summed E-state index contributed by atoms with van der Waals surface area (Å²) in [4.78, 5) is 17.6. The number of carbonyl (C=O) groups is 1. The molecule has 1 amide bonds. The summed E-state index contributed by atoms with van der Waals surface area (Å²) < 4.78 is 0. The van der Waals surface area contributed by atoms with Crippen LogP contribution in [-0.2, 0) is 11.3 Å². The van der Waals surface area contributed by atoms with Gasteiger partial charge >= 0.3 is 0 Å². The maximum Gasteiger partial charge on any atom is 0.225 e. The highest BCUT2D eigenvalue weighted by Crippen LogP contribution is 2.20. The Morgan fingerprint density at radius 2 is 2.28 bits per heavy atom. The van der Waals surface area contributed by atoms with Crippen LogP contribution in [0.15, 0.2) is 5.38 Å². The minimum absolute atomic E-state index is 0.0472. The number of anilines is 1. The molecule has 102 valence electrons. The van der Waals surface area contributed by atoms with E-state index in [1.54, 1.807) is 11.8 Å². The minimum atomic E-state index is 0.0472. The van der Waals surface area contributed by atoms with Gasteiger partial charge in [-0.15, -0.1) is 11.3 Å². The predicted molar refractivity (Wildman–Crippen MR) is 77.0 cm³/mol. The van der Waals surface area contributed by atoms with Gasteiger partial charge in [0.2, 0.25) is 5.91 Å².